The summed E-state index contributed by atoms with van der Waals surface area (Å²) in [5, 5.41) is 10.8. The molecule has 0 amide bonds. The highest BCUT2D eigenvalue weighted by atomic mass is 16.5. The number of aliphatic hydroxyl groups excluding tert-OH is 1. The predicted molar refractivity (Wildman–Crippen MR) is 79.9 cm³/mol. The fourth-order valence-electron chi connectivity index (χ4n) is 3.33. The van der Waals surface area contributed by atoms with E-state index < -0.39 is 11.7 Å². The second-order valence-electron chi connectivity index (χ2n) is 5.88. The van der Waals surface area contributed by atoms with Crippen molar-refractivity contribution in [2.75, 3.05) is 13.7 Å². The topological polar surface area (TPSA) is 38.7 Å². The van der Waals surface area contributed by atoms with Crippen molar-refractivity contribution in [2.45, 2.75) is 51.2 Å². The highest BCUT2D eigenvalue weighted by Gasteiger charge is 2.42. The van der Waals surface area contributed by atoms with Crippen LogP contribution in [0.4, 0.5) is 0 Å². The zero-order valence-corrected chi connectivity index (χ0v) is 12.8. The van der Waals surface area contributed by atoms with Crippen LogP contribution in [0.1, 0.15) is 51.2 Å². The molecule has 1 fully saturated rings. The van der Waals surface area contributed by atoms with Gasteiger partial charge in [-0.2, -0.15) is 0 Å². The molecule has 3 unspecified atom stereocenters. The van der Waals surface area contributed by atoms with Gasteiger partial charge >= 0.3 is 0 Å². The fraction of sp³-hybridized carbons (Fsp3) is 0.647. The molecule has 0 bridgehead atoms. The van der Waals surface area contributed by atoms with Crippen LogP contribution in [0.25, 0.3) is 0 Å². The third-order valence-electron chi connectivity index (χ3n) is 4.38. The molecule has 0 heterocycles. The molecule has 1 saturated carbocycles. The van der Waals surface area contributed by atoms with Gasteiger partial charge in [-0.25, -0.2) is 0 Å². The first kappa shape index (κ1) is 15.3. The predicted octanol–water partition coefficient (Wildman–Crippen LogP) is 3.71. The van der Waals surface area contributed by atoms with Crippen molar-refractivity contribution in [2.24, 2.45) is 5.92 Å². The number of hydrogen-bond acceptors (Lipinski definition) is 3. The van der Waals surface area contributed by atoms with Gasteiger partial charge in [0.2, 0.25) is 0 Å². The van der Waals surface area contributed by atoms with Gasteiger partial charge in [0.15, 0.2) is 0 Å². The van der Waals surface area contributed by atoms with Gasteiger partial charge in [-0.3, -0.25) is 0 Å². The summed E-state index contributed by atoms with van der Waals surface area (Å²) in [5.41, 5.74) is 0.426. The van der Waals surface area contributed by atoms with Gasteiger partial charge in [0.05, 0.1) is 12.2 Å². The Morgan fingerprint density at radius 3 is 2.90 bits per heavy atom. The summed E-state index contributed by atoms with van der Waals surface area (Å²) in [6, 6.07) is 7.73. The molecule has 2 rings (SSSR count). The summed E-state index contributed by atoms with van der Waals surface area (Å²) >= 11 is 0. The zero-order valence-electron chi connectivity index (χ0n) is 12.8. The lowest BCUT2D eigenvalue weighted by molar-refractivity contribution is -0.134. The van der Waals surface area contributed by atoms with E-state index in [0.29, 0.717) is 12.5 Å². The summed E-state index contributed by atoms with van der Waals surface area (Å²) in [7, 11) is 1.72. The summed E-state index contributed by atoms with van der Waals surface area (Å²) in [6.45, 7) is 4.82. The molecule has 3 atom stereocenters. The Kier molecular flexibility index (Phi) is 5.06. The largest absolute Gasteiger partial charge is 0.494 e. The number of methoxy groups -OCH3 is 1. The Labute approximate surface area is 121 Å². The first-order valence-corrected chi connectivity index (χ1v) is 7.57. The maximum absolute atomic E-state index is 10.8. The van der Waals surface area contributed by atoms with Crippen molar-refractivity contribution in [1.82, 2.24) is 0 Å². The maximum atomic E-state index is 10.8. The second-order valence-corrected chi connectivity index (χ2v) is 5.88. The number of benzene rings is 1. The minimum atomic E-state index is -0.601. The summed E-state index contributed by atoms with van der Waals surface area (Å²) in [5.74, 6) is 1.40. The zero-order chi connectivity index (χ0) is 14.6. The van der Waals surface area contributed by atoms with Crippen LogP contribution < -0.4 is 4.74 Å². The third kappa shape index (κ3) is 3.15. The van der Waals surface area contributed by atoms with Gasteiger partial charge in [-0.1, -0.05) is 31.9 Å². The van der Waals surface area contributed by atoms with Crippen LogP contribution in [0.15, 0.2) is 24.3 Å². The first-order valence-electron chi connectivity index (χ1n) is 7.57. The number of rotatable bonds is 5. The molecule has 1 aliphatic rings. The molecule has 112 valence electrons. The Bertz CT molecular complexity index is 432. The van der Waals surface area contributed by atoms with E-state index in [-0.39, 0.29) is 0 Å². The van der Waals surface area contributed by atoms with Gasteiger partial charge in [-0.15, -0.1) is 0 Å². The van der Waals surface area contributed by atoms with Crippen molar-refractivity contribution in [3.8, 4) is 5.75 Å². The van der Waals surface area contributed by atoms with Crippen LogP contribution in [-0.4, -0.2) is 24.4 Å². The lowest BCUT2D eigenvalue weighted by Gasteiger charge is -2.42. The van der Waals surface area contributed by atoms with Gasteiger partial charge < -0.3 is 14.6 Å². The van der Waals surface area contributed by atoms with Crippen molar-refractivity contribution in [3.05, 3.63) is 29.8 Å². The Hall–Kier alpha value is -1.06. The van der Waals surface area contributed by atoms with E-state index in [1.165, 1.54) is 6.42 Å². The standard InChI is InChI=1S/C17H26O3/c1-4-20-15-9-5-8-14(11-15)16(18)17(19-3)10-6-7-13(2)12-17/h5,8-9,11,13,16,18H,4,6-7,10,12H2,1-3H3. The van der Waals surface area contributed by atoms with E-state index in [2.05, 4.69) is 6.92 Å². The molecule has 0 aliphatic heterocycles. The van der Waals surface area contributed by atoms with Crippen LogP contribution in [0.3, 0.4) is 0 Å². The SMILES string of the molecule is CCOc1cccc(C(O)C2(OC)CCCC(C)C2)c1. The summed E-state index contributed by atoms with van der Waals surface area (Å²) < 4.78 is 11.3. The molecule has 0 spiro atoms. The molecule has 20 heavy (non-hydrogen) atoms. The van der Waals surface area contributed by atoms with E-state index in [0.717, 1.165) is 30.6 Å². The minimum absolute atomic E-state index is 0.456. The highest BCUT2D eigenvalue weighted by molar-refractivity contribution is 5.31. The Balaban J connectivity index is 2.23. The summed E-state index contributed by atoms with van der Waals surface area (Å²) in [6.07, 6.45) is 3.54. The van der Waals surface area contributed by atoms with E-state index in [9.17, 15) is 5.11 Å². The van der Waals surface area contributed by atoms with Crippen LogP contribution in [-0.2, 0) is 4.74 Å². The minimum Gasteiger partial charge on any atom is -0.494 e. The van der Waals surface area contributed by atoms with Crippen LogP contribution in [0.2, 0.25) is 0 Å². The van der Waals surface area contributed by atoms with Gasteiger partial charge in [-0.05, 0) is 43.4 Å². The normalized spacial score (nSPS) is 28.1. The van der Waals surface area contributed by atoms with Crippen LogP contribution >= 0.6 is 0 Å². The lowest BCUT2D eigenvalue weighted by Crippen LogP contribution is -2.42. The highest BCUT2D eigenvalue weighted by Crippen LogP contribution is 2.43. The molecule has 1 N–H and O–H groups in total. The van der Waals surface area contributed by atoms with Crippen molar-refractivity contribution in [3.63, 3.8) is 0 Å². The van der Waals surface area contributed by atoms with E-state index in [4.69, 9.17) is 9.47 Å². The first-order chi connectivity index (χ1) is 9.61. The molecule has 0 saturated heterocycles. The molecule has 0 aromatic heterocycles. The van der Waals surface area contributed by atoms with Gasteiger partial charge in [0, 0.05) is 7.11 Å². The van der Waals surface area contributed by atoms with Crippen LogP contribution in [0.5, 0.6) is 5.75 Å². The molecule has 1 aliphatic carbocycles. The second kappa shape index (κ2) is 6.59. The number of hydrogen-bond donors (Lipinski definition) is 1. The van der Waals surface area contributed by atoms with E-state index in [1.54, 1.807) is 7.11 Å². The average Bonchev–Trinajstić information content (AvgIpc) is 2.47. The average molecular weight is 278 g/mol. The Morgan fingerprint density at radius 2 is 2.25 bits per heavy atom. The maximum Gasteiger partial charge on any atom is 0.119 e. The van der Waals surface area contributed by atoms with E-state index in [1.807, 2.05) is 31.2 Å². The number of ether oxygens (including phenoxy) is 2. The monoisotopic (exact) mass is 278 g/mol. The molecule has 0 radical (unpaired) electrons. The van der Waals surface area contributed by atoms with Gasteiger partial charge in [0.1, 0.15) is 11.9 Å². The fourth-order valence-corrected chi connectivity index (χ4v) is 3.33. The quantitative estimate of drug-likeness (QED) is 0.892. The summed E-state index contributed by atoms with van der Waals surface area (Å²) in [4.78, 5) is 0. The molecular formula is C17H26O3. The van der Waals surface area contributed by atoms with E-state index >= 15 is 0 Å². The Morgan fingerprint density at radius 1 is 1.45 bits per heavy atom. The van der Waals surface area contributed by atoms with Crippen LogP contribution in [0, 0.1) is 5.92 Å². The smallest absolute Gasteiger partial charge is 0.119 e. The molecular weight excluding hydrogens is 252 g/mol. The van der Waals surface area contributed by atoms with Gasteiger partial charge in [0.25, 0.3) is 0 Å². The molecule has 3 nitrogen and oxygen atoms in total. The molecule has 3 heteroatoms. The van der Waals surface area contributed by atoms with Crippen molar-refractivity contribution in [1.29, 1.82) is 0 Å². The number of aliphatic hydroxyl groups is 1. The van der Waals surface area contributed by atoms with Crippen molar-refractivity contribution >= 4 is 0 Å². The third-order valence-corrected chi connectivity index (χ3v) is 4.38. The molecule has 1 aromatic carbocycles. The molecule has 1 aromatic rings. The lowest BCUT2D eigenvalue weighted by atomic mass is 9.74. The van der Waals surface area contributed by atoms with Crippen molar-refractivity contribution < 1.29 is 14.6 Å².